The lowest BCUT2D eigenvalue weighted by Gasteiger charge is -2.23. The average Bonchev–Trinajstić information content (AvgIpc) is 2.79. The summed E-state index contributed by atoms with van der Waals surface area (Å²) in [5.74, 6) is 0. The van der Waals surface area contributed by atoms with E-state index in [1.807, 2.05) is 19.9 Å². The zero-order chi connectivity index (χ0) is 23.4. The van der Waals surface area contributed by atoms with Gasteiger partial charge in [-0.3, -0.25) is 9.97 Å². The van der Waals surface area contributed by atoms with E-state index >= 15 is 0 Å². The second kappa shape index (κ2) is 10.00. The molecule has 0 atom stereocenters. The van der Waals surface area contributed by atoms with Crippen molar-refractivity contribution in [2.45, 2.75) is 72.8 Å². The van der Waals surface area contributed by atoms with Gasteiger partial charge in [0.05, 0.1) is 18.0 Å². The predicted octanol–water partition coefficient (Wildman–Crippen LogP) is 4.43. The van der Waals surface area contributed by atoms with E-state index in [1.54, 1.807) is 0 Å². The Labute approximate surface area is 195 Å². The van der Waals surface area contributed by atoms with Crippen LogP contribution < -0.4 is 0 Å². The smallest absolute Gasteiger partial charge is 0.125 e. The highest BCUT2D eigenvalue weighted by Crippen LogP contribution is 2.26. The largest absolute Gasteiger partial charge is 0.395 e. The van der Waals surface area contributed by atoms with Crippen LogP contribution in [0.25, 0.3) is 0 Å². The number of hydrogen-bond donors (Lipinski definition) is 1. The van der Waals surface area contributed by atoms with Crippen LogP contribution in [0.15, 0.2) is 28.5 Å². The van der Waals surface area contributed by atoms with Crippen molar-refractivity contribution in [2.75, 3.05) is 13.2 Å². The highest BCUT2D eigenvalue weighted by Gasteiger charge is 2.24. The first-order valence-corrected chi connectivity index (χ1v) is 11.8. The summed E-state index contributed by atoms with van der Waals surface area (Å²) < 4.78 is 0. The maximum Gasteiger partial charge on any atom is 0.125 e. The summed E-state index contributed by atoms with van der Waals surface area (Å²) in [6, 6.07) is 6.15. The number of pyridine rings is 2. The fraction of sp³-hybridized carbons (Fsp3) is 0.538. The number of oxime groups is 2. The summed E-state index contributed by atoms with van der Waals surface area (Å²) in [6.07, 6.45) is 5.70. The first kappa shape index (κ1) is 23.4. The van der Waals surface area contributed by atoms with Crippen molar-refractivity contribution in [3.8, 4) is 0 Å². The molecule has 176 valence electrons. The van der Waals surface area contributed by atoms with Crippen molar-refractivity contribution < 1.29 is 14.8 Å². The van der Waals surface area contributed by atoms with E-state index in [4.69, 9.17) is 9.68 Å². The molecule has 0 amide bonds. The lowest BCUT2D eigenvalue weighted by atomic mass is 9.90. The molecule has 0 spiro atoms. The fourth-order valence-electron chi connectivity index (χ4n) is 4.37. The Bertz CT molecular complexity index is 1080. The van der Waals surface area contributed by atoms with Crippen LogP contribution in [0.5, 0.6) is 0 Å². The SMILES string of the molecule is Cc1ccc2c(n1)/C(=N/OCC(C)(C)CO/N=C1\CCCc3c(CO)cc(C)nc31)CCC2. The van der Waals surface area contributed by atoms with Crippen LogP contribution in [0.4, 0.5) is 0 Å². The third-order valence-electron chi connectivity index (χ3n) is 6.14. The third-order valence-corrected chi connectivity index (χ3v) is 6.14. The van der Waals surface area contributed by atoms with Crippen molar-refractivity contribution in [1.29, 1.82) is 0 Å². The molecule has 0 saturated heterocycles. The quantitative estimate of drug-likeness (QED) is 0.631. The van der Waals surface area contributed by atoms with Crippen LogP contribution in [0, 0.1) is 19.3 Å². The molecule has 0 unspecified atom stereocenters. The van der Waals surface area contributed by atoms with Gasteiger partial charge in [-0.25, -0.2) is 0 Å². The lowest BCUT2D eigenvalue weighted by molar-refractivity contribution is -0.000313. The molecular weight excluding hydrogens is 416 g/mol. The van der Waals surface area contributed by atoms with Gasteiger partial charge in [0.15, 0.2) is 0 Å². The Balaban J connectivity index is 1.38. The molecule has 4 rings (SSSR count). The molecule has 0 saturated carbocycles. The minimum Gasteiger partial charge on any atom is -0.395 e. The summed E-state index contributed by atoms with van der Waals surface area (Å²) in [6.45, 7) is 8.94. The van der Waals surface area contributed by atoms with Crippen LogP contribution in [-0.2, 0) is 29.1 Å². The van der Waals surface area contributed by atoms with Crippen LogP contribution in [-0.4, -0.2) is 39.7 Å². The van der Waals surface area contributed by atoms with E-state index in [0.717, 1.165) is 83.9 Å². The normalized spacial score (nSPS) is 18.2. The molecule has 0 fully saturated rings. The van der Waals surface area contributed by atoms with E-state index in [-0.39, 0.29) is 12.0 Å². The van der Waals surface area contributed by atoms with Gasteiger partial charge in [0.1, 0.15) is 24.6 Å². The molecule has 2 aromatic heterocycles. The van der Waals surface area contributed by atoms with Crippen LogP contribution in [0.3, 0.4) is 0 Å². The van der Waals surface area contributed by atoms with Gasteiger partial charge in [-0.15, -0.1) is 0 Å². The van der Waals surface area contributed by atoms with Crippen molar-refractivity contribution >= 4 is 11.4 Å². The summed E-state index contributed by atoms with van der Waals surface area (Å²) in [5, 5.41) is 18.6. The van der Waals surface area contributed by atoms with Crippen molar-refractivity contribution in [1.82, 2.24) is 9.97 Å². The van der Waals surface area contributed by atoms with Gasteiger partial charge in [-0.2, -0.15) is 0 Å². The summed E-state index contributed by atoms with van der Waals surface area (Å²) in [4.78, 5) is 20.9. The Morgan fingerprint density at radius 2 is 1.52 bits per heavy atom. The Morgan fingerprint density at radius 3 is 2.21 bits per heavy atom. The third kappa shape index (κ3) is 5.58. The Hall–Kier alpha value is -2.80. The van der Waals surface area contributed by atoms with Gasteiger partial charge in [0, 0.05) is 16.8 Å². The average molecular weight is 451 g/mol. The van der Waals surface area contributed by atoms with E-state index < -0.39 is 0 Å². The van der Waals surface area contributed by atoms with Crippen LogP contribution in [0.2, 0.25) is 0 Å². The van der Waals surface area contributed by atoms with E-state index in [9.17, 15) is 5.11 Å². The van der Waals surface area contributed by atoms with Gasteiger partial charge >= 0.3 is 0 Å². The topological polar surface area (TPSA) is 89.2 Å². The zero-order valence-electron chi connectivity index (χ0n) is 20.1. The molecule has 0 bridgehead atoms. The number of aryl methyl sites for hydroxylation is 3. The molecule has 7 heteroatoms. The minimum absolute atomic E-state index is 0.0201. The van der Waals surface area contributed by atoms with Crippen molar-refractivity contribution in [3.05, 3.63) is 57.7 Å². The van der Waals surface area contributed by atoms with E-state index in [1.165, 1.54) is 5.56 Å². The van der Waals surface area contributed by atoms with Gasteiger partial charge in [0.25, 0.3) is 0 Å². The van der Waals surface area contributed by atoms with Gasteiger partial charge in [-0.1, -0.05) is 30.2 Å². The maximum atomic E-state index is 9.70. The number of aliphatic hydroxyl groups excluding tert-OH is 1. The molecular formula is C26H34N4O3. The monoisotopic (exact) mass is 450 g/mol. The number of aromatic nitrogens is 2. The first-order valence-electron chi connectivity index (χ1n) is 11.8. The summed E-state index contributed by atoms with van der Waals surface area (Å²) in [7, 11) is 0. The molecule has 2 aliphatic carbocycles. The molecule has 2 aliphatic rings. The highest BCUT2D eigenvalue weighted by molar-refractivity contribution is 6.01. The maximum absolute atomic E-state index is 9.70. The molecule has 2 aromatic rings. The lowest BCUT2D eigenvalue weighted by Crippen LogP contribution is -2.25. The predicted molar refractivity (Wildman–Crippen MR) is 129 cm³/mol. The Morgan fingerprint density at radius 1 is 0.879 bits per heavy atom. The molecule has 0 aromatic carbocycles. The van der Waals surface area contributed by atoms with Crippen molar-refractivity contribution in [2.24, 2.45) is 15.7 Å². The van der Waals surface area contributed by atoms with Gasteiger partial charge in [0.2, 0.25) is 0 Å². The van der Waals surface area contributed by atoms with Crippen molar-refractivity contribution in [3.63, 3.8) is 0 Å². The molecule has 7 nitrogen and oxygen atoms in total. The second-order valence-electron chi connectivity index (χ2n) is 9.86. The second-order valence-corrected chi connectivity index (χ2v) is 9.86. The van der Waals surface area contributed by atoms with Crippen LogP contribution >= 0.6 is 0 Å². The summed E-state index contributed by atoms with van der Waals surface area (Å²) >= 11 is 0. The van der Waals surface area contributed by atoms with E-state index in [2.05, 4.69) is 46.3 Å². The number of nitrogens with zero attached hydrogens (tertiary/aromatic N) is 4. The molecule has 0 aliphatic heterocycles. The molecule has 0 radical (unpaired) electrons. The standard InChI is InChI=1S/C26H34N4O3/c1-17-11-12-19-7-5-9-22(24(19)27-17)29-32-15-26(3,4)16-33-30-23-10-6-8-21-20(14-31)13-18(2)28-25(21)23/h11-13,31H,5-10,14-16H2,1-4H3/b29-22+,30-23+. The molecule has 1 N–H and O–H groups in total. The van der Waals surface area contributed by atoms with Crippen LogP contribution in [0.1, 0.15) is 79.0 Å². The summed E-state index contributed by atoms with van der Waals surface area (Å²) in [5.41, 5.74) is 8.51. The first-order chi connectivity index (χ1) is 15.9. The number of aliphatic hydroxyl groups is 1. The Kier molecular flexibility index (Phi) is 7.08. The number of fused-ring (bicyclic) bond motifs is 2. The highest BCUT2D eigenvalue weighted by atomic mass is 16.6. The number of hydrogen-bond acceptors (Lipinski definition) is 7. The fourth-order valence-corrected chi connectivity index (χ4v) is 4.37. The van der Waals surface area contributed by atoms with Gasteiger partial charge in [-0.05, 0) is 81.2 Å². The zero-order valence-corrected chi connectivity index (χ0v) is 20.1. The van der Waals surface area contributed by atoms with E-state index in [0.29, 0.717) is 13.2 Å². The minimum atomic E-state index is -0.264. The van der Waals surface area contributed by atoms with Gasteiger partial charge < -0.3 is 14.8 Å². The molecule has 33 heavy (non-hydrogen) atoms. The molecule has 2 heterocycles. The number of rotatable bonds is 7.